The van der Waals surface area contributed by atoms with E-state index >= 15 is 0 Å². The summed E-state index contributed by atoms with van der Waals surface area (Å²) in [7, 11) is 0. The first-order valence-corrected chi connectivity index (χ1v) is 9.60. The molecule has 0 bridgehead atoms. The summed E-state index contributed by atoms with van der Waals surface area (Å²) in [4.78, 5) is 16.7. The number of nitrogens with zero attached hydrogens (tertiary/aromatic N) is 3. The lowest BCUT2D eigenvalue weighted by molar-refractivity contribution is -0.117. The highest BCUT2D eigenvalue weighted by Crippen LogP contribution is 2.20. The predicted octanol–water partition coefficient (Wildman–Crippen LogP) is 4.39. The molecule has 29 heavy (non-hydrogen) atoms. The number of carbonyl (C=O) groups excluding carboxylic acids is 1. The number of aryl methyl sites for hydroxylation is 1. The van der Waals surface area contributed by atoms with Gasteiger partial charge in [0.1, 0.15) is 11.6 Å². The summed E-state index contributed by atoms with van der Waals surface area (Å²) in [5.41, 5.74) is 4.01. The molecule has 3 rings (SSSR count). The van der Waals surface area contributed by atoms with Gasteiger partial charge < -0.3 is 14.3 Å². The van der Waals surface area contributed by atoms with Gasteiger partial charge in [-0.25, -0.2) is 4.98 Å². The van der Waals surface area contributed by atoms with Crippen molar-refractivity contribution in [2.24, 2.45) is 0 Å². The molecular weight excluding hydrogens is 364 g/mol. The van der Waals surface area contributed by atoms with Gasteiger partial charge in [-0.15, -0.1) is 0 Å². The van der Waals surface area contributed by atoms with Gasteiger partial charge in [-0.3, -0.25) is 4.79 Å². The lowest BCUT2D eigenvalue weighted by Crippen LogP contribution is -2.24. The second-order valence-corrected chi connectivity index (χ2v) is 6.81. The Morgan fingerprint density at radius 1 is 1.31 bits per heavy atom. The molecule has 0 unspecified atom stereocenters. The normalized spacial score (nSPS) is 11.3. The Hall–Kier alpha value is -3.59. The van der Waals surface area contributed by atoms with Gasteiger partial charge in [0, 0.05) is 23.5 Å². The first kappa shape index (κ1) is 20.2. The number of nitrogens with one attached hydrogen (secondary N) is 1. The molecule has 0 aliphatic heterocycles. The fourth-order valence-electron chi connectivity index (χ4n) is 3.22. The summed E-state index contributed by atoms with van der Waals surface area (Å²) < 4.78 is 7.88. The minimum absolute atomic E-state index is 0.0524. The summed E-state index contributed by atoms with van der Waals surface area (Å²) in [5.74, 6) is 0.567. The Labute approximate surface area is 170 Å². The fourth-order valence-corrected chi connectivity index (χ4v) is 3.22. The highest BCUT2D eigenvalue weighted by molar-refractivity contribution is 6.01. The lowest BCUT2D eigenvalue weighted by atomic mass is 10.1. The standard InChI is InChI=1S/C23H24N4O2/c1-4-10-27-16(2)11-19(17(27)3)12-20(13-24)23(28)26-15-22-25-14-21(29-22)18-8-6-5-7-9-18/h5-9,11-12,14H,4,10,15H2,1-3H3,(H,26,28). The molecule has 2 aromatic heterocycles. The van der Waals surface area contributed by atoms with E-state index in [1.54, 1.807) is 12.3 Å². The molecule has 1 N–H and O–H groups in total. The smallest absolute Gasteiger partial charge is 0.262 e. The van der Waals surface area contributed by atoms with Crippen molar-refractivity contribution in [1.29, 1.82) is 5.26 Å². The van der Waals surface area contributed by atoms with Crippen LogP contribution < -0.4 is 5.32 Å². The van der Waals surface area contributed by atoms with Gasteiger partial charge >= 0.3 is 0 Å². The second-order valence-electron chi connectivity index (χ2n) is 6.81. The Bertz CT molecular complexity index is 1070. The second kappa shape index (κ2) is 9.07. The van der Waals surface area contributed by atoms with E-state index in [4.69, 9.17) is 4.42 Å². The number of oxazole rings is 1. The van der Waals surface area contributed by atoms with Crippen LogP contribution in [0.3, 0.4) is 0 Å². The molecule has 0 spiro atoms. The SMILES string of the molecule is CCCn1c(C)cc(C=C(C#N)C(=O)NCc2ncc(-c3ccccc3)o2)c1C. The molecule has 0 aliphatic carbocycles. The van der Waals surface area contributed by atoms with E-state index in [1.165, 1.54) is 0 Å². The molecule has 148 valence electrons. The van der Waals surface area contributed by atoms with E-state index in [1.807, 2.05) is 56.3 Å². The van der Waals surface area contributed by atoms with Crippen LogP contribution in [-0.2, 0) is 17.9 Å². The van der Waals surface area contributed by atoms with Gasteiger partial charge in [-0.2, -0.15) is 5.26 Å². The monoisotopic (exact) mass is 388 g/mol. The Morgan fingerprint density at radius 3 is 2.76 bits per heavy atom. The van der Waals surface area contributed by atoms with Crippen LogP contribution in [0.1, 0.15) is 36.2 Å². The zero-order valence-electron chi connectivity index (χ0n) is 16.9. The van der Waals surface area contributed by atoms with Crippen LogP contribution in [0.2, 0.25) is 0 Å². The minimum atomic E-state index is -0.452. The third kappa shape index (κ3) is 4.64. The number of hydrogen-bond acceptors (Lipinski definition) is 4. The molecular formula is C23H24N4O2. The summed E-state index contributed by atoms with van der Waals surface area (Å²) >= 11 is 0. The molecule has 2 heterocycles. The van der Waals surface area contributed by atoms with Crippen LogP contribution in [-0.4, -0.2) is 15.5 Å². The van der Waals surface area contributed by atoms with Crippen molar-refractivity contribution < 1.29 is 9.21 Å². The van der Waals surface area contributed by atoms with Gasteiger partial charge in [0.05, 0.1) is 12.7 Å². The van der Waals surface area contributed by atoms with Crippen molar-refractivity contribution in [3.05, 3.63) is 71.0 Å². The summed E-state index contributed by atoms with van der Waals surface area (Å²) in [6, 6.07) is 13.6. The molecule has 3 aromatic rings. The molecule has 6 nitrogen and oxygen atoms in total. The maximum absolute atomic E-state index is 12.5. The molecule has 0 saturated carbocycles. The van der Waals surface area contributed by atoms with Gasteiger partial charge in [0.25, 0.3) is 5.91 Å². The predicted molar refractivity (Wildman–Crippen MR) is 112 cm³/mol. The molecule has 1 aromatic carbocycles. The number of amides is 1. The van der Waals surface area contributed by atoms with E-state index < -0.39 is 5.91 Å². The summed E-state index contributed by atoms with van der Waals surface area (Å²) in [6.07, 6.45) is 4.28. The first-order chi connectivity index (χ1) is 14.0. The number of carbonyl (C=O) groups is 1. The molecule has 6 heteroatoms. The number of aromatic nitrogens is 2. The van der Waals surface area contributed by atoms with Crippen LogP contribution >= 0.6 is 0 Å². The van der Waals surface area contributed by atoms with Gasteiger partial charge in [-0.1, -0.05) is 37.3 Å². The van der Waals surface area contributed by atoms with Crippen LogP contribution in [0.25, 0.3) is 17.4 Å². The number of hydrogen-bond donors (Lipinski definition) is 1. The highest BCUT2D eigenvalue weighted by Gasteiger charge is 2.14. The largest absolute Gasteiger partial charge is 0.439 e. The summed E-state index contributed by atoms with van der Waals surface area (Å²) in [5, 5.41) is 12.2. The van der Waals surface area contributed by atoms with Crippen molar-refractivity contribution in [3.8, 4) is 17.4 Å². The van der Waals surface area contributed by atoms with Crippen molar-refractivity contribution >= 4 is 12.0 Å². The maximum atomic E-state index is 12.5. The molecule has 0 atom stereocenters. The number of rotatable bonds is 7. The molecule has 0 radical (unpaired) electrons. The van der Waals surface area contributed by atoms with Crippen LogP contribution in [0.4, 0.5) is 0 Å². The van der Waals surface area contributed by atoms with Gasteiger partial charge in [-0.05, 0) is 38.0 Å². The van der Waals surface area contributed by atoms with Crippen molar-refractivity contribution in [3.63, 3.8) is 0 Å². The van der Waals surface area contributed by atoms with Crippen molar-refractivity contribution in [2.75, 3.05) is 0 Å². The maximum Gasteiger partial charge on any atom is 0.262 e. The Kier molecular flexibility index (Phi) is 6.30. The average Bonchev–Trinajstić information content (AvgIpc) is 3.31. The molecule has 0 fully saturated rings. The topological polar surface area (TPSA) is 83.9 Å². The van der Waals surface area contributed by atoms with E-state index in [0.717, 1.165) is 35.5 Å². The van der Waals surface area contributed by atoms with Gasteiger partial charge in [0.15, 0.2) is 5.76 Å². The number of benzene rings is 1. The number of nitriles is 1. The van der Waals surface area contributed by atoms with E-state index in [0.29, 0.717) is 11.7 Å². The lowest BCUT2D eigenvalue weighted by Gasteiger charge is -2.07. The third-order valence-electron chi connectivity index (χ3n) is 4.74. The van der Waals surface area contributed by atoms with Crippen molar-refractivity contribution in [2.45, 2.75) is 40.3 Å². The van der Waals surface area contributed by atoms with E-state index in [-0.39, 0.29) is 12.1 Å². The van der Waals surface area contributed by atoms with Crippen molar-refractivity contribution in [1.82, 2.24) is 14.9 Å². The van der Waals surface area contributed by atoms with Gasteiger partial charge in [0.2, 0.25) is 5.89 Å². The third-order valence-corrected chi connectivity index (χ3v) is 4.74. The van der Waals surface area contributed by atoms with E-state index in [9.17, 15) is 10.1 Å². The molecule has 1 amide bonds. The zero-order chi connectivity index (χ0) is 20.8. The average molecular weight is 388 g/mol. The van der Waals surface area contributed by atoms with Crippen LogP contribution in [0.15, 0.2) is 52.6 Å². The van der Waals surface area contributed by atoms with Crippen LogP contribution in [0, 0.1) is 25.2 Å². The van der Waals surface area contributed by atoms with Crippen LogP contribution in [0.5, 0.6) is 0 Å². The first-order valence-electron chi connectivity index (χ1n) is 9.60. The Balaban J connectivity index is 1.70. The molecule has 0 saturated heterocycles. The molecule has 0 aliphatic rings. The zero-order valence-corrected chi connectivity index (χ0v) is 16.9. The minimum Gasteiger partial charge on any atom is -0.439 e. The highest BCUT2D eigenvalue weighted by atomic mass is 16.4. The fraction of sp³-hybridized carbons (Fsp3) is 0.261. The Morgan fingerprint density at radius 2 is 2.07 bits per heavy atom. The quantitative estimate of drug-likeness (QED) is 0.480. The van der Waals surface area contributed by atoms with E-state index in [2.05, 4.69) is 21.8 Å². The summed E-state index contributed by atoms with van der Waals surface area (Å²) in [6.45, 7) is 7.17.